The van der Waals surface area contributed by atoms with Gasteiger partial charge >= 0.3 is 0 Å². The number of hydrogen-bond donors (Lipinski definition) is 2. The fraction of sp³-hybridized carbons (Fsp3) is 0.0500. The van der Waals surface area contributed by atoms with Crippen molar-refractivity contribution < 1.29 is 4.74 Å². The van der Waals surface area contributed by atoms with Crippen molar-refractivity contribution in [1.29, 1.82) is 0 Å². The van der Waals surface area contributed by atoms with Crippen molar-refractivity contribution >= 4 is 34.0 Å². The molecule has 27 heavy (non-hydrogen) atoms. The molecule has 2 heterocycles. The van der Waals surface area contributed by atoms with Gasteiger partial charge in [0.25, 0.3) is 0 Å². The molecule has 0 bridgehead atoms. The maximum Gasteiger partial charge on any atom is 0.162 e. The minimum Gasteiger partial charge on any atom is -0.486 e. The molecule has 0 atom stereocenters. The lowest BCUT2D eigenvalue weighted by Gasteiger charge is -2.10. The molecule has 0 aliphatic rings. The molecule has 0 amide bonds. The van der Waals surface area contributed by atoms with Gasteiger partial charge in [0.1, 0.15) is 18.2 Å². The highest BCUT2D eigenvalue weighted by molar-refractivity contribution is 6.32. The maximum atomic E-state index is 6.38. The van der Waals surface area contributed by atoms with E-state index >= 15 is 0 Å². The van der Waals surface area contributed by atoms with Gasteiger partial charge in [0.05, 0.1) is 16.2 Å². The maximum absolute atomic E-state index is 6.38. The van der Waals surface area contributed by atoms with Crippen molar-refractivity contribution in [2.75, 3.05) is 11.5 Å². The monoisotopic (exact) mass is 377 g/mol. The lowest BCUT2D eigenvalue weighted by atomic mass is 10.1. The molecular weight excluding hydrogens is 362 g/mol. The van der Waals surface area contributed by atoms with Crippen LogP contribution in [0.4, 0.5) is 11.5 Å². The van der Waals surface area contributed by atoms with Crippen molar-refractivity contribution in [2.45, 2.75) is 6.61 Å². The van der Waals surface area contributed by atoms with Gasteiger partial charge in [-0.15, -0.1) is 0 Å². The zero-order chi connectivity index (χ0) is 18.8. The van der Waals surface area contributed by atoms with Gasteiger partial charge in [-0.05, 0) is 48.5 Å². The van der Waals surface area contributed by atoms with E-state index in [4.69, 9.17) is 27.8 Å². The van der Waals surface area contributed by atoms with E-state index in [0.29, 0.717) is 34.7 Å². The molecule has 4 N–H and O–H groups in total. The SMILES string of the molecule is Nc1ccc2nc(-c3ccc(OCc4ccccn4)c(Cl)c3)nc(N)c2c1. The number of halogens is 1. The molecule has 2 aromatic heterocycles. The van der Waals surface area contributed by atoms with Gasteiger partial charge < -0.3 is 16.2 Å². The number of benzene rings is 2. The third-order valence-corrected chi connectivity index (χ3v) is 4.34. The van der Waals surface area contributed by atoms with E-state index in [1.54, 1.807) is 30.5 Å². The lowest BCUT2D eigenvalue weighted by molar-refractivity contribution is 0.301. The predicted octanol–water partition coefficient (Wildman–Crippen LogP) is 4.09. The Bertz CT molecular complexity index is 1120. The van der Waals surface area contributed by atoms with Gasteiger partial charge in [-0.25, -0.2) is 9.97 Å². The Kier molecular flexibility index (Phi) is 4.48. The zero-order valence-corrected chi connectivity index (χ0v) is 15.0. The molecule has 0 saturated carbocycles. The summed E-state index contributed by atoms with van der Waals surface area (Å²) in [6.07, 6.45) is 1.72. The summed E-state index contributed by atoms with van der Waals surface area (Å²) in [5, 5.41) is 1.18. The molecule has 7 heteroatoms. The topological polar surface area (TPSA) is 99.9 Å². The first kappa shape index (κ1) is 17.1. The van der Waals surface area contributed by atoms with Gasteiger partial charge in [-0.3, -0.25) is 4.98 Å². The highest BCUT2D eigenvalue weighted by Gasteiger charge is 2.11. The van der Waals surface area contributed by atoms with Crippen LogP contribution >= 0.6 is 11.6 Å². The number of hydrogen-bond acceptors (Lipinski definition) is 6. The summed E-state index contributed by atoms with van der Waals surface area (Å²) in [5.74, 6) is 1.42. The first-order chi connectivity index (χ1) is 13.1. The number of pyridine rings is 1. The van der Waals surface area contributed by atoms with Crippen LogP contribution in [0.3, 0.4) is 0 Å². The van der Waals surface area contributed by atoms with Crippen molar-refractivity contribution in [3.8, 4) is 17.1 Å². The van der Waals surface area contributed by atoms with Crippen LogP contribution in [-0.4, -0.2) is 15.0 Å². The van der Waals surface area contributed by atoms with Gasteiger partial charge in [0, 0.05) is 22.8 Å². The summed E-state index contributed by atoms with van der Waals surface area (Å²) in [7, 11) is 0. The van der Waals surface area contributed by atoms with Crippen LogP contribution in [0.5, 0.6) is 5.75 Å². The Morgan fingerprint density at radius 3 is 2.63 bits per heavy atom. The second-order valence-corrected chi connectivity index (χ2v) is 6.37. The average molecular weight is 378 g/mol. The molecule has 4 aromatic rings. The molecule has 6 nitrogen and oxygen atoms in total. The minimum absolute atomic E-state index is 0.334. The van der Waals surface area contributed by atoms with Crippen LogP contribution in [0, 0.1) is 0 Å². The van der Waals surface area contributed by atoms with E-state index < -0.39 is 0 Å². The fourth-order valence-corrected chi connectivity index (χ4v) is 2.93. The molecule has 2 aromatic carbocycles. The van der Waals surface area contributed by atoms with Gasteiger partial charge in [-0.1, -0.05) is 17.7 Å². The zero-order valence-electron chi connectivity index (χ0n) is 14.3. The molecule has 4 rings (SSSR count). The first-order valence-corrected chi connectivity index (χ1v) is 8.63. The number of fused-ring (bicyclic) bond motifs is 1. The number of nitrogens with two attached hydrogens (primary N) is 2. The van der Waals surface area contributed by atoms with Gasteiger partial charge in [-0.2, -0.15) is 0 Å². The molecule has 0 spiro atoms. The number of nitrogen functional groups attached to an aromatic ring is 2. The molecule has 134 valence electrons. The third kappa shape index (κ3) is 3.61. The number of ether oxygens (including phenoxy) is 1. The Balaban J connectivity index is 1.62. The van der Waals surface area contributed by atoms with Crippen LogP contribution in [0.1, 0.15) is 5.69 Å². The highest BCUT2D eigenvalue weighted by Crippen LogP contribution is 2.31. The Morgan fingerprint density at radius 1 is 0.963 bits per heavy atom. The van der Waals surface area contributed by atoms with E-state index in [1.165, 1.54) is 0 Å². The van der Waals surface area contributed by atoms with Crippen molar-refractivity contribution in [3.63, 3.8) is 0 Å². The molecule has 0 saturated heterocycles. The number of anilines is 2. The van der Waals surface area contributed by atoms with Crippen molar-refractivity contribution in [1.82, 2.24) is 15.0 Å². The summed E-state index contributed by atoms with van der Waals surface area (Å²) in [6.45, 7) is 0.334. The van der Waals surface area contributed by atoms with E-state index in [2.05, 4.69) is 15.0 Å². The van der Waals surface area contributed by atoms with Crippen molar-refractivity contribution in [3.05, 3.63) is 71.5 Å². The van der Waals surface area contributed by atoms with Crippen LogP contribution < -0.4 is 16.2 Å². The summed E-state index contributed by atoms with van der Waals surface area (Å²) in [6, 6.07) is 16.4. The molecule has 0 aliphatic heterocycles. The largest absolute Gasteiger partial charge is 0.486 e. The van der Waals surface area contributed by atoms with E-state index in [9.17, 15) is 0 Å². The molecule has 0 fully saturated rings. The van der Waals surface area contributed by atoms with Crippen LogP contribution in [0.25, 0.3) is 22.3 Å². The number of rotatable bonds is 4. The Hall–Kier alpha value is -3.38. The molecule has 0 radical (unpaired) electrons. The number of aromatic nitrogens is 3. The molecular formula is C20H16ClN5O. The van der Waals surface area contributed by atoms with E-state index in [-0.39, 0.29) is 0 Å². The molecule has 0 unspecified atom stereocenters. The predicted molar refractivity (Wildman–Crippen MR) is 107 cm³/mol. The average Bonchev–Trinajstić information content (AvgIpc) is 2.68. The van der Waals surface area contributed by atoms with Crippen molar-refractivity contribution in [2.24, 2.45) is 0 Å². The lowest BCUT2D eigenvalue weighted by Crippen LogP contribution is -2.00. The Labute approximate surface area is 160 Å². The second-order valence-electron chi connectivity index (χ2n) is 5.96. The van der Waals surface area contributed by atoms with E-state index in [1.807, 2.05) is 30.3 Å². The minimum atomic E-state index is 0.334. The van der Waals surface area contributed by atoms with Crippen LogP contribution in [0.2, 0.25) is 5.02 Å². The standard InChI is InChI=1S/C20H16ClN5O/c21-16-9-12(4-7-18(16)27-11-14-3-1-2-8-24-14)20-25-17-6-5-13(22)10-15(17)19(23)26-20/h1-10H,11,22H2,(H2,23,25,26). The fourth-order valence-electron chi connectivity index (χ4n) is 2.69. The second kappa shape index (κ2) is 7.09. The summed E-state index contributed by atoms with van der Waals surface area (Å²) in [5.41, 5.74) is 14.8. The van der Waals surface area contributed by atoms with Gasteiger partial charge in [0.15, 0.2) is 5.82 Å². The first-order valence-electron chi connectivity index (χ1n) is 8.25. The number of nitrogens with zero attached hydrogens (tertiary/aromatic N) is 3. The third-order valence-electron chi connectivity index (χ3n) is 4.04. The summed E-state index contributed by atoms with van der Waals surface area (Å²) in [4.78, 5) is 13.2. The van der Waals surface area contributed by atoms with Crippen LogP contribution in [-0.2, 0) is 6.61 Å². The van der Waals surface area contributed by atoms with E-state index in [0.717, 1.165) is 22.2 Å². The smallest absolute Gasteiger partial charge is 0.162 e. The normalized spacial score (nSPS) is 10.9. The highest BCUT2D eigenvalue weighted by atomic mass is 35.5. The Morgan fingerprint density at radius 2 is 1.85 bits per heavy atom. The summed E-state index contributed by atoms with van der Waals surface area (Å²) >= 11 is 6.38. The van der Waals surface area contributed by atoms with Crippen LogP contribution in [0.15, 0.2) is 60.8 Å². The quantitative estimate of drug-likeness (QED) is 0.519. The summed E-state index contributed by atoms with van der Waals surface area (Å²) < 4.78 is 5.75. The van der Waals surface area contributed by atoms with Gasteiger partial charge in [0.2, 0.25) is 0 Å². The molecule has 0 aliphatic carbocycles.